The van der Waals surface area contributed by atoms with Gasteiger partial charge in [0.15, 0.2) is 22.6 Å². The van der Waals surface area contributed by atoms with Gasteiger partial charge in [0.25, 0.3) is 5.91 Å². The van der Waals surface area contributed by atoms with Crippen molar-refractivity contribution in [2.45, 2.75) is 77.7 Å². The summed E-state index contributed by atoms with van der Waals surface area (Å²) in [6, 6.07) is 2.26. The number of hydrogen-bond donors (Lipinski definition) is 2. The average Bonchev–Trinajstić information content (AvgIpc) is 3.09. The number of pyridine rings is 1. The van der Waals surface area contributed by atoms with Crippen LogP contribution in [0.2, 0.25) is 5.02 Å². The van der Waals surface area contributed by atoms with Gasteiger partial charge in [-0.15, -0.1) is 0 Å². The number of nitrogens with one attached hydrogen (secondary N) is 1. The van der Waals surface area contributed by atoms with E-state index in [9.17, 15) is 32.7 Å². The van der Waals surface area contributed by atoms with Crippen LogP contribution in [0.1, 0.15) is 72.7 Å². The van der Waals surface area contributed by atoms with Crippen LogP contribution >= 0.6 is 11.6 Å². The second-order valence-electron chi connectivity index (χ2n) is 12.9. The Labute approximate surface area is 301 Å². The van der Waals surface area contributed by atoms with E-state index >= 15 is 0 Å². The number of fused-ring (bicyclic) bond motifs is 1. The largest absolute Gasteiger partial charge is 0.504 e. The molecule has 2 fully saturated rings. The summed E-state index contributed by atoms with van der Waals surface area (Å²) < 4.78 is 47.2. The smallest absolute Gasteiger partial charge is 0.416 e. The summed E-state index contributed by atoms with van der Waals surface area (Å²) in [6.45, 7) is 7.97. The lowest BCUT2D eigenvalue weighted by Gasteiger charge is -2.42. The lowest BCUT2D eigenvalue weighted by atomic mass is 9.79. The van der Waals surface area contributed by atoms with Gasteiger partial charge in [0.1, 0.15) is 18.6 Å². The Hall–Kier alpha value is -4.83. The lowest BCUT2D eigenvalue weighted by Crippen LogP contribution is -2.55. The van der Waals surface area contributed by atoms with Crippen molar-refractivity contribution in [3.8, 4) is 5.75 Å². The third-order valence-electron chi connectivity index (χ3n) is 9.65. The number of nitrogens with zero attached hydrogens (tertiary/aromatic N) is 7. The minimum absolute atomic E-state index is 0.0112. The zero-order chi connectivity index (χ0) is 37.5. The molecule has 1 aliphatic carbocycles. The van der Waals surface area contributed by atoms with Crippen LogP contribution in [0.5, 0.6) is 5.75 Å². The van der Waals surface area contributed by atoms with E-state index in [0.717, 1.165) is 31.0 Å². The van der Waals surface area contributed by atoms with E-state index in [1.54, 1.807) is 22.6 Å². The van der Waals surface area contributed by atoms with Gasteiger partial charge in [-0.25, -0.2) is 19.9 Å². The molecular formula is C35H38ClF3N8O5. The van der Waals surface area contributed by atoms with Crippen LogP contribution in [0.3, 0.4) is 0 Å². The van der Waals surface area contributed by atoms with Crippen LogP contribution in [0.4, 0.5) is 24.5 Å². The van der Waals surface area contributed by atoms with Crippen molar-refractivity contribution in [3.63, 3.8) is 0 Å². The topological polar surface area (TPSA) is 156 Å². The molecule has 3 aromatic heterocycles. The molecule has 1 saturated carbocycles. The van der Waals surface area contributed by atoms with Crippen molar-refractivity contribution in [3.05, 3.63) is 74.3 Å². The minimum atomic E-state index is -4.61. The monoisotopic (exact) mass is 742 g/mol. The predicted octanol–water partition coefficient (Wildman–Crippen LogP) is 5.10. The van der Waals surface area contributed by atoms with E-state index in [2.05, 4.69) is 20.3 Å². The summed E-state index contributed by atoms with van der Waals surface area (Å²) in [5.74, 6) is -1.44. The Morgan fingerprint density at radius 2 is 1.90 bits per heavy atom. The predicted molar refractivity (Wildman–Crippen MR) is 187 cm³/mol. The number of hydrogen-bond acceptors (Lipinski definition) is 10. The van der Waals surface area contributed by atoms with Gasteiger partial charge in [0.2, 0.25) is 11.3 Å². The fourth-order valence-corrected chi connectivity index (χ4v) is 7.07. The molecular weight excluding hydrogens is 705 g/mol. The van der Waals surface area contributed by atoms with Gasteiger partial charge in [-0.3, -0.25) is 14.4 Å². The highest BCUT2D eigenvalue weighted by Gasteiger charge is 2.37. The molecule has 6 rings (SSSR count). The van der Waals surface area contributed by atoms with Crippen molar-refractivity contribution >= 4 is 46.0 Å². The number of piperazine rings is 1. The van der Waals surface area contributed by atoms with E-state index in [-0.39, 0.29) is 82.6 Å². The number of aromatic nitrogens is 5. The number of aryl methyl sites for hydroxylation is 1. The molecule has 4 heterocycles. The van der Waals surface area contributed by atoms with Crippen LogP contribution in [0.25, 0.3) is 11.2 Å². The van der Waals surface area contributed by atoms with Crippen molar-refractivity contribution < 1.29 is 32.6 Å². The highest BCUT2D eigenvalue weighted by Crippen LogP contribution is 2.39. The highest BCUT2D eigenvalue weighted by molar-refractivity contribution is 6.33. The molecule has 0 spiro atoms. The maximum absolute atomic E-state index is 14.5. The first-order valence-corrected chi connectivity index (χ1v) is 17.4. The number of carbonyl (C=O) groups excluding carboxylic acids is 2. The summed E-state index contributed by atoms with van der Waals surface area (Å²) in [5.41, 5.74) is 0.425. The SMILES string of the molecule is CCO[C@@H]1CCC1c1cnc2c(n1)c(=O)c(N1CCN(C(=O)c3ncnc(C)c3O)C[C@@H]1C)c(CC)n2CC(=O)Nc1ccc(C(F)(F)F)cc1Cl. The standard InChI is InChI=1S/C35H38ClF3N8O5/c1-5-25-30(46-12-11-45(15-18(46)3)34(51)29-31(49)19(4)41-17-42-29)32(50)28-33(40-14-24(44-28)21-8-10-26(21)52-6-2)47(25)16-27(48)43-23-9-7-20(13-22(23)36)35(37,38)39/h7,9,13-14,17-18,21,26,49H,5-6,8,10-12,15-16H2,1-4H3,(H,43,48)/t18-,21?,26+/m0/s1. The first-order chi connectivity index (χ1) is 24.7. The molecule has 3 atom stereocenters. The van der Waals surface area contributed by atoms with Crippen molar-refractivity contribution in [2.75, 3.05) is 36.5 Å². The van der Waals surface area contributed by atoms with Crippen LogP contribution in [0.15, 0.2) is 35.5 Å². The molecule has 2 aliphatic rings. The number of halogens is 4. The third-order valence-corrected chi connectivity index (χ3v) is 9.96. The zero-order valence-electron chi connectivity index (χ0n) is 29.0. The molecule has 1 unspecified atom stereocenters. The number of amides is 2. The third kappa shape index (κ3) is 7.00. The second-order valence-corrected chi connectivity index (χ2v) is 13.3. The van der Waals surface area contributed by atoms with Crippen LogP contribution in [-0.4, -0.2) is 84.7 Å². The Bertz CT molecular complexity index is 2090. The first kappa shape index (κ1) is 36.9. The van der Waals surface area contributed by atoms with Gasteiger partial charge in [0, 0.05) is 43.9 Å². The van der Waals surface area contributed by atoms with Crippen molar-refractivity contribution in [2.24, 2.45) is 0 Å². The highest BCUT2D eigenvalue weighted by atomic mass is 35.5. The number of rotatable bonds is 9. The van der Waals surface area contributed by atoms with Gasteiger partial charge in [0.05, 0.1) is 40.0 Å². The summed E-state index contributed by atoms with van der Waals surface area (Å²) in [5, 5.41) is 12.8. The Kier molecular flexibility index (Phi) is 10.4. The quantitative estimate of drug-likeness (QED) is 0.237. The molecule has 276 valence electrons. The number of aromatic hydroxyl groups is 1. The molecule has 0 radical (unpaired) electrons. The van der Waals surface area contributed by atoms with E-state index in [1.165, 1.54) is 6.33 Å². The summed E-state index contributed by atoms with van der Waals surface area (Å²) >= 11 is 6.14. The fraction of sp³-hybridized carbons (Fsp3) is 0.457. The van der Waals surface area contributed by atoms with Gasteiger partial charge in [-0.05, 0) is 58.2 Å². The van der Waals surface area contributed by atoms with E-state index in [4.69, 9.17) is 21.3 Å². The van der Waals surface area contributed by atoms with Crippen LogP contribution < -0.4 is 15.6 Å². The molecule has 2 N–H and O–H groups in total. The summed E-state index contributed by atoms with van der Waals surface area (Å²) in [7, 11) is 0. The van der Waals surface area contributed by atoms with Gasteiger partial charge < -0.3 is 29.5 Å². The maximum Gasteiger partial charge on any atom is 0.416 e. The number of anilines is 2. The average molecular weight is 743 g/mol. The van der Waals surface area contributed by atoms with Gasteiger partial charge >= 0.3 is 6.18 Å². The summed E-state index contributed by atoms with van der Waals surface area (Å²) in [6.07, 6.45) is 0.0919. The second kappa shape index (κ2) is 14.7. The normalized spacial score (nSPS) is 19.1. The van der Waals surface area contributed by atoms with Crippen LogP contribution in [-0.2, 0) is 28.7 Å². The Morgan fingerprint density at radius 3 is 2.54 bits per heavy atom. The molecule has 1 aliphatic heterocycles. The number of alkyl halides is 3. The zero-order valence-corrected chi connectivity index (χ0v) is 29.8. The van der Waals surface area contributed by atoms with E-state index in [1.807, 2.05) is 25.7 Å². The molecule has 0 bridgehead atoms. The lowest BCUT2D eigenvalue weighted by molar-refractivity contribution is -0.137. The molecule has 4 aromatic rings. The molecule has 2 amide bonds. The summed E-state index contributed by atoms with van der Waals surface area (Å²) in [4.78, 5) is 62.3. The number of carbonyl (C=O) groups is 2. The molecule has 1 saturated heterocycles. The molecule has 13 nitrogen and oxygen atoms in total. The molecule has 17 heteroatoms. The minimum Gasteiger partial charge on any atom is -0.504 e. The fourth-order valence-electron chi connectivity index (χ4n) is 6.84. The van der Waals surface area contributed by atoms with E-state index in [0.29, 0.717) is 30.1 Å². The molecule has 52 heavy (non-hydrogen) atoms. The van der Waals surface area contributed by atoms with Crippen molar-refractivity contribution in [1.29, 1.82) is 0 Å². The molecule has 1 aromatic carbocycles. The first-order valence-electron chi connectivity index (χ1n) is 17.0. The van der Waals surface area contributed by atoms with Gasteiger partial charge in [-0.1, -0.05) is 18.5 Å². The maximum atomic E-state index is 14.5. The van der Waals surface area contributed by atoms with Crippen LogP contribution in [0, 0.1) is 6.92 Å². The number of benzene rings is 1. The number of ether oxygens (including phenoxy) is 1. The van der Waals surface area contributed by atoms with Gasteiger partial charge in [-0.2, -0.15) is 13.2 Å². The van der Waals surface area contributed by atoms with Crippen molar-refractivity contribution in [1.82, 2.24) is 29.4 Å². The Morgan fingerprint density at radius 1 is 1.13 bits per heavy atom. The van der Waals surface area contributed by atoms with E-state index < -0.39 is 29.6 Å². The Balaban J connectivity index is 1.38.